The molecule has 1 aromatic carbocycles. The lowest BCUT2D eigenvalue weighted by Gasteiger charge is -2.28. The number of anilines is 1. The van der Waals surface area contributed by atoms with Gasteiger partial charge < -0.3 is 15.7 Å². The first-order valence-electron chi connectivity index (χ1n) is 6.98. The van der Waals surface area contributed by atoms with Crippen LogP contribution in [0.1, 0.15) is 37.7 Å². The normalized spacial score (nSPS) is 16.5. The molecule has 0 unspecified atom stereocenters. The number of carboxylic acids is 1. The molecule has 0 bridgehead atoms. The minimum Gasteiger partial charge on any atom is -0.481 e. The van der Waals surface area contributed by atoms with Gasteiger partial charge in [0.2, 0.25) is 0 Å². The Morgan fingerprint density at radius 2 is 2.00 bits per heavy atom. The van der Waals surface area contributed by atoms with Gasteiger partial charge in [-0.1, -0.05) is 18.9 Å². The third-order valence-electron chi connectivity index (χ3n) is 3.94. The van der Waals surface area contributed by atoms with E-state index in [1.54, 1.807) is 13.0 Å². The molecule has 1 aliphatic carbocycles. The molecule has 6 heteroatoms. The minimum absolute atomic E-state index is 0.0947. The van der Waals surface area contributed by atoms with Crippen LogP contribution in [0.4, 0.5) is 14.9 Å². The zero-order chi connectivity index (χ0) is 15.5. The Morgan fingerprint density at radius 3 is 2.62 bits per heavy atom. The Balaban J connectivity index is 2.06. The molecule has 0 radical (unpaired) electrons. The topological polar surface area (TPSA) is 78.4 Å². The summed E-state index contributed by atoms with van der Waals surface area (Å²) in [7, 11) is 0. The molecule has 0 saturated heterocycles. The van der Waals surface area contributed by atoms with Gasteiger partial charge in [0, 0.05) is 11.3 Å². The number of hydrogen-bond acceptors (Lipinski definition) is 2. The van der Waals surface area contributed by atoms with Crippen LogP contribution in [0.25, 0.3) is 0 Å². The van der Waals surface area contributed by atoms with E-state index in [1.165, 1.54) is 12.1 Å². The van der Waals surface area contributed by atoms with Crippen LogP contribution in [0.15, 0.2) is 18.2 Å². The average molecular weight is 294 g/mol. The molecule has 0 heterocycles. The molecule has 1 aromatic rings. The number of hydrogen-bond donors (Lipinski definition) is 3. The van der Waals surface area contributed by atoms with Gasteiger partial charge in [-0.05, 0) is 31.9 Å². The zero-order valence-electron chi connectivity index (χ0n) is 11.9. The molecule has 0 aliphatic heterocycles. The van der Waals surface area contributed by atoms with E-state index in [-0.39, 0.29) is 6.42 Å². The second kappa shape index (κ2) is 6.11. The fraction of sp³-hybridized carbons (Fsp3) is 0.467. The highest BCUT2D eigenvalue weighted by molar-refractivity contribution is 5.91. The predicted octanol–water partition coefficient (Wildman–Crippen LogP) is 3.04. The molecule has 1 saturated carbocycles. The Hall–Kier alpha value is -2.11. The lowest BCUT2D eigenvalue weighted by atomic mass is 9.93. The number of carbonyl (C=O) groups is 2. The summed E-state index contributed by atoms with van der Waals surface area (Å²) in [5.41, 5.74) is 0.0410. The van der Waals surface area contributed by atoms with E-state index in [1.807, 2.05) is 0 Å². The average Bonchev–Trinajstić information content (AvgIpc) is 2.82. The van der Waals surface area contributed by atoms with Gasteiger partial charge in [0.1, 0.15) is 5.82 Å². The minimum atomic E-state index is -0.931. The maximum Gasteiger partial charge on any atom is 0.319 e. The number of carbonyl (C=O) groups excluding carboxylic acids is 1. The summed E-state index contributed by atoms with van der Waals surface area (Å²) in [5.74, 6) is -1.33. The van der Waals surface area contributed by atoms with Crippen molar-refractivity contribution in [1.29, 1.82) is 0 Å². The number of carboxylic acid groups (broad SMARTS) is 1. The fourth-order valence-electron chi connectivity index (χ4n) is 2.82. The molecule has 114 valence electrons. The summed E-state index contributed by atoms with van der Waals surface area (Å²) >= 11 is 0. The van der Waals surface area contributed by atoms with Gasteiger partial charge in [-0.15, -0.1) is 0 Å². The maximum atomic E-state index is 13.4. The van der Waals surface area contributed by atoms with E-state index in [0.717, 1.165) is 12.8 Å². The van der Waals surface area contributed by atoms with Gasteiger partial charge in [-0.25, -0.2) is 9.18 Å². The Bertz CT molecular complexity index is 554. The molecule has 0 spiro atoms. The number of nitrogens with one attached hydrogen (secondary N) is 2. The predicted molar refractivity (Wildman–Crippen MR) is 76.7 cm³/mol. The van der Waals surface area contributed by atoms with Crippen molar-refractivity contribution in [2.75, 3.05) is 5.32 Å². The molecule has 2 rings (SSSR count). The zero-order valence-corrected chi connectivity index (χ0v) is 11.9. The summed E-state index contributed by atoms with van der Waals surface area (Å²) < 4.78 is 13.4. The fourth-order valence-corrected chi connectivity index (χ4v) is 2.82. The van der Waals surface area contributed by atoms with Crippen molar-refractivity contribution in [2.45, 2.75) is 44.6 Å². The lowest BCUT2D eigenvalue weighted by molar-refractivity contribution is -0.138. The standard InChI is InChI=1S/C15H19FN2O3/c1-10-11(16)5-4-6-12(10)17-14(21)18-15(9-13(19)20)7-2-3-8-15/h4-6H,2-3,7-9H2,1H3,(H,19,20)(H2,17,18,21). The molecule has 1 fully saturated rings. The van der Waals surface area contributed by atoms with Crippen molar-refractivity contribution >= 4 is 17.7 Å². The van der Waals surface area contributed by atoms with Gasteiger partial charge >= 0.3 is 12.0 Å². The first-order chi connectivity index (χ1) is 9.92. The van der Waals surface area contributed by atoms with Gasteiger partial charge in [-0.3, -0.25) is 4.79 Å². The van der Waals surface area contributed by atoms with E-state index in [4.69, 9.17) is 5.11 Å². The van der Waals surface area contributed by atoms with Crippen LogP contribution in [0.5, 0.6) is 0 Å². The van der Waals surface area contributed by atoms with Crippen LogP contribution in [-0.4, -0.2) is 22.6 Å². The van der Waals surface area contributed by atoms with Gasteiger partial charge in [-0.2, -0.15) is 0 Å². The number of benzene rings is 1. The van der Waals surface area contributed by atoms with Gasteiger partial charge in [0.25, 0.3) is 0 Å². The maximum absolute atomic E-state index is 13.4. The Morgan fingerprint density at radius 1 is 1.33 bits per heavy atom. The van der Waals surface area contributed by atoms with Gasteiger partial charge in [0.05, 0.1) is 12.0 Å². The van der Waals surface area contributed by atoms with Crippen LogP contribution >= 0.6 is 0 Å². The third kappa shape index (κ3) is 3.71. The van der Waals surface area contributed by atoms with Crippen LogP contribution in [0.3, 0.4) is 0 Å². The van der Waals surface area contributed by atoms with Crippen molar-refractivity contribution in [2.24, 2.45) is 0 Å². The number of rotatable bonds is 4. The van der Waals surface area contributed by atoms with E-state index in [9.17, 15) is 14.0 Å². The molecule has 1 aliphatic rings. The molecule has 0 aromatic heterocycles. The second-order valence-electron chi connectivity index (χ2n) is 5.55. The molecule has 2 amide bonds. The Kier molecular flexibility index (Phi) is 4.45. The van der Waals surface area contributed by atoms with E-state index in [2.05, 4.69) is 10.6 Å². The molecule has 21 heavy (non-hydrogen) atoms. The summed E-state index contributed by atoms with van der Waals surface area (Å²) in [4.78, 5) is 23.1. The first-order valence-corrected chi connectivity index (χ1v) is 6.98. The highest BCUT2D eigenvalue weighted by Crippen LogP contribution is 2.32. The number of urea groups is 1. The van der Waals surface area contributed by atoms with Crippen molar-refractivity contribution in [1.82, 2.24) is 5.32 Å². The largest absolute Gasteiger partial charge is 0.481 e. The first kappa shape index (κ1) is 15.3. The quantitative estimate of drug-likeness (QED) is 0.798. The monoisotopic (exact) mass is 294 g/mol. The van der Waals surface area contributed by atoms with Crippen LogP contribution in [0, 0.1) is 12.7 Å². The number of halogens is 1. The SMILES string of the molecule is Cc1c(F)cccc1NC(=O)NC1(CC(=O)O)CCCC1. The number of aliphatic carboxylic acids is 1. The van der Waals surface area contributed by atoms with Crippen molar-refractivity contribution < 1.29 is 19.1 Å². The highest BCUT2D eigenvalue weighted by atomic mass is 19.1. The van der Waals surface area contributed by atoms with E-state index >= 15 is 0 Å². The van der Waals surface area contributed by atoms with Crippen molar-refractivity contribution in [3.63, 3.8) is 0 Å². The van der Waals surface area contributed by atoms with Crippen LogP contribution in [0.2, 0.25) is 0 Å². The summed E-state index contributed by atoms with van der Waals surface area (Å²) in [5, 5.41) is 14.4. The van der Waals surface area contributed by atoms with Crippen molar-refractivity contribution in [3.8, 4) is 0 Å². The summed E-state index contributed by atoms with van der Waals surface area (Å²) in [6, 6.07) is 3.95. The smallest absolute Gasteiger partial charge is 0.319 e. The summed E-state index contributed by atoms with van der Waals surface area (Å²) in [6.45, 7) is 1.58. The molecular formula is C15H19FN2O3. The van der Waals surface area contributed by atoms with Crippen LogP contribution < -0.4 is 10.6 Å². The van der Waals surface area contributed by atoms with Gasteiger partial charge in [0.15, 0.2) is 0 Å². The molecular weight excluding hydrogens is 275 g/mol. The molecule has 0 atom stereocenters. The number of amides is 2. The lowest BCUT2D eigenvalue weighted by Crippen LogP contribution is -2.49. The van der Waals surface area contributed by atoms with Crippen molar-refractivity contribution in [3.05, 3.63) is 29.6 Å². The third-order valence-corrected chi connectivity index (χ3v) is 3.94. The highest BCUT2D eigenvalue weighted by Gasteiger charge is 2.37. The van der Waals surface area contributed by atoms with E-state index in [0.29, 0.717) is 24.1 Å². The molecule has 5 nitrogen and oxygen atoms in total. The van der Waals surface area contributed by atoms with Crippen LogP contribution in [-0.2, 0) is 4.79 Å². The molecule has 3 N–H and O–H groups in total. The summed E-state index contributed by atoms with van der Waals surface area (Å²) in [6.07, 6.45) is 2.99. The second-order valence-corrected chi connectivity index (χ2v) is 5.55. The Labute approximate surface area is 122 Å². The van der Waals surface area contributed by atoms with E-state index < -0.39 is 23.4 Å².